The predicted octanol–water partition coefficient (Wildman–Crippen LogP) is 0.0230. The maximum atomic E-state index is 12.7. The molecule has 3 N–H and O–H groups in total. The number of carbonyl (C=O) groups excluding carboxylic acids is 1. The topological polar surface area (TPSA) is 65.7 Å². The van der Waals surface area contributed by atoms with Crippen LogP contribution < -0.4 is 29.3 Å². The molecule has 1 aliphatic rings. The van der Waals surface area contributed by atoms with Crippen molar-refractivity contribution in [2.24, 2.45) is 0 Å². The molecule has 0 radical (unpaired) electrons. The van der Waals surface area contributed by atoms with Crippen molar-refractivity contribution in [2.45, 2.75) is 19.5 Å². The standard InChI is InChI=1S/C23H31N3O4/c1-17(23(27)24-19-6-5-7-20(15-19)28-2)26-12-10-25(11-13-26)16-18-8-9-21(29-3)22(14-18)30-4/h5-9,14-15,17H,10-13,16H2,1-4H3,(H,24,27)/p+2/t17-/m1/s1. The van der Waals surface area contributed by atoms with Crippen molar-refractivity contribution in [1.29, 1.82) is 0 Å². The summed E-state index contributed by atoms with van der Waals surface area (Å²) in [6.07, 6.45) is 0. The third-order valence-corrected chi connectivity index (χ3v) is 5.84. The van der Waals surface area contributed by atoms with Gasteiger partial charge in [0.2, 0.25) is 0 Å². The molecule has 2 aromatic carbocycles. The molecule has 7 heteroatoms. The summed E-state index contributed by atoms with van der Waals surface area (Å²) in [6.45, 7) is 6.94. The Bertz CT molecular complexity index is 850. The second-order valence-corrected chi connectivity index (χ2v) is 7.72. The third-order valence-electron chi connectivity index (χ3n) is 5.84. The lowest BCUT2D eigenvalue weighted by atomic mass is 10.1. The molecule has 1 atom stereocenters. The Morgan fingerprint density at radius 2 is 1.70 bits per heavy atom. The maximum absolute atomic E-state index is 12.7. The highest BCUT2D eigenvalue weighted by atomic mass is 16.5. The van der Waals surface area contributed by atoms with Crippen LogP contribution in [0.4, 0.5) is 5.69 Å². The van der Waals surface area contributed by atoms with Gasteiger partial charge in [-0.05, 0) is 37.3 Å². The van der Waals surface area contributed by atoms with Crippen LogP contribution in [0.3, 0.4) is 0 Å². The number of benzene rings is 2. The van der Waals surface area contributed by atoms with E-state index in [-0.39, 0.29) is 11.9 Å². The number of anilines is 1. The van der Waals surface area contributed by atoms with Crippen molar-refractivity contribution in [1.82, 2.24) is 0 Å². The van der Waals surface area contributed by atoms with Crippen LogP contribution in [0.2, 0.25) is 0 Å². The molecule has 1 heterocycles. The van der Waals surface area contributed by atoms with Crippen molar-refractivity contribution in [2.75, 3.05) is 52.8 Å². The first kappa shape index (κ1) is 21.9. The lowest BCUT2D eigenvalue weighted by molar-refractivity contribution is -1.02. The SMILES string of the molecule is COc1cccc(NC(=O)[C@@H](C)[NH+]2CC[NH+](Cc3ccc(OC)c(OC)c3)CC2)c1. The third kappa shape index (κ3) is 5.43. The molecule has 162 valence electrons. The zero-order chi connectivity index (χ0) is 21.5. The average Bonchev–Trinajstić information content (AvgIpc) is 2.79. The van der Waals surface area contributed by atoms with Crippen LogP contribution in [0.15, 0.2) is 42.5 Å². The molecule has 0 saturated carbocycles. The minimum atomic E-state index is -0.0983. The van der Waals surface area contributed by atoms with Crippen LogP contribution in [0.25, 0.3) is 0 Å². The number of carbonyl (C=O) groups is 1. The lowest BCUT2D eigenvalue weighted by Gasteiger charge is -2.32. The summed E-state index contributed by atoms with van der Waals surface area (Å²) in [5.41, 5.74) is 2.00. The Morgan fingerprint density at radius 3 is 2.37 bits per heavy atom. The minimum absolute atomic E-state index is 0.0431. The Morgan fingerprint density at radius 1 is 0.967 bits per heavy atom. The molecule has 1 saturated heterocycles. The molecule has 3 rings (SSSR count). The summed E-state index contributed by atoms with van der Waals surface area (Å²) in [5, 5.41) is 3.02. The van der Waals surface area contributed by atoms with E-state index < -0.39 is 0 Å². The molecule has 0 bridgehead atoms. The van der Waals surface area contributed by atoms with Crippen molar-refractivity contribution < 1.29 is 28.8 Å². The maximum Gasteiger partial charge on any atom is 0.282 e. The number of piperazine rings is 1. The Labute approximate surface area is 178 Å². The summed E-state index contributed by atoms with van der Waals surface area (Å²) in [4.78, 5) is 15.6. The second-order valence-electron chi connectivity index (χ2n) is 7.72. The fourth-order valence-corrected chi connectivity index (χ4v) is 3.95. The molecule has 0 spiro atoms. The van der Waals surface area contributed by atoms with E-state index in [1.807, 2.05) is 37.3 Å². The molecular weight excluding hydrogens is 382 g/mol. The van der Waals surface area contributed by atoms with Crippen molar-refractivity contribution in [3.63, 3.8) is 0 Å². The lowest BCUT2D eigenvalue weighted by Crippen LogP contribution is -3.29. The summed E-state index contributed by atoms with van der Waals surface area (Å²) in [5.74, 6) is 2.30. The molecule has 0 aromatic heterocycles. The first-order valence-corrected chi connectivity index (χ1v) is 10.4. The normalized spacial score (nSPS) is 19.6. The van der Waals surface area contributed by atoms with Gasteiger partial charge >= 0.3 is 0 Å². The van der Waals surface area contributed by atoms with Gasteiger partial charge in [0.15, 0.2) is 17.5 Å². The second kappa shape index (κ2) is 10.3. The van der Waals surface area contributed by atoms with Gasteiger partial charge in [-0.25, -0.2) is 0 Å². The Kier molecular flexibility index (Phi) is 7.54. The molecule has 0 unspecified atom stereocenters. The average molecular weight is 416 g/mol. The van der Waals surface area contributed by atoms with Gasteiger partial charge in [0, 0.05) is 17.3 Å². The van der Waals surface area contributed by atoms with E-state index in [1.54, 1.807) is 21.3 Å². The summed E-state index contributed by atoms with van der Waals surface area (Å²) < 4.78 is 16.0. The van der Waals surface area contributed by atoms with E-state index in [9.17, 15) is 4.79 Å². The largest absolute Gasteiger partial charge is 0.497 e. The number of hydrogen-bond donors (Lipinski definition) is 3. The van der Waals surface area contributed by atoms with Crippen molar-refractivity contribution in [3.8, 4) is 17.2 Å². The van der Waals surface area contributed by atoms with Gasteiger partial charge in [-0.15, -0.1) is 0 Å². The summed E-state index contributed by atoms with van der Waals surface area (Å²) in [6, 6.07) is 13.5. The number of methoxy groups -OCH3 is 3. The number of rotatable bonds is 8. The number of quaternary nitrogens is 2. The molecular formula is C23H33N3O4+2. The zero-order valence-corrected chi connectivity index (χ0v) is 18.3. The monoisotopic (exact) mass is 415 g/mol. The van der Waals surface area contributed by atoms with Crippen LogP contribution in [-0.4, -0.2) is 59.5 Å². The summed E-state index contributed by atoms with van der Waals surface area (Å²) >= 11 is 0. The Balaban J connectivity index is 1.51. The first-order chi connectivity index (χ1) is 14.5. The number of ether oxygens (including phenoxy) is 3. The zero-order valence-electron chi connectivity index (χ0n) is 18.3. The van der Waals surface area contributed by atoms with E-state index in [4.69, 9.17) is 14.2 Å². The van der Waals surface area contributed by atoms with Gasteiger partial charge in [0.1, 0.15) is 38.5 Å². The van der Waals surface area contributed by atoms with Gasteiger partial charge < -0.3 is 29.3 Å². The molecule has 1 aliphatic heterocycles. The van der Waals surface area contributed by atoms with E-state index in [2.05, 4.69) is 17.4 Å². The minimum Gasteiger partial charge on any atom is -0.497 e. The fraction of sp³-hybridized carbons (Fsp3) is 0.435. The molecule has 1 amide bonds. The van der Waals surface area contributed by atoms with Crippen LogP contribution in [0.1, 0.15) is 12.5 Å². The van der Waals surface area contributed by atoms with Crippen molar-refractivity contribution >= 4 is 11.6 Å². The number of hydrogen-bond acceptors (Lipinski definition) is 4. The highest BCUT2D eigenvalue weighted by Gasteiger charge is 2.31. The quantitative estimate of drug-likeness (QED) is 0.569. The van der Waals surface area contributed by atoms with Crippen LogP contribution in [0, 0.1) is 0 Å². The highest BCUT2D eigenvalue weighted by Crippen LogP contribution is 2.27. The van der Waals surface area contributed by atoms with Gasteiger partial charge in [-0.1, -0.05) is 6.07 Å². The number of nitrogens with one attached hydrogen (secondary N) is 3. The van der Waals surface area contributed by atoms with Crippen LogP contribution in [-0.2, 0) is 11.3 Å². The molecule has 0 aliphatic carbocycles. The number of amides is 1. The van der Waals surface area contributed by atoms with Crippen LogP contribution in [0.5, 0.6) is 17.2 Å². The highest BCUT2D eigenvalue weighted by molar-refractivity contribution is 5.93. The first-order valence-electron chi connectivity index (χ1n) is 10.4. The summed E-state index contributed by atoms with van der Waals surface area (Å²) in [7, 11) is 4.93. The van der Waals surface area contributed by atoms with E-state index in [0.717, 1.165) is 55.7 Å². The van der Waals surface area contributed by atoms with Gasteiger partial charge in [0.25, 0.3) is 5.91 Å². The van der Waals surface area contributed by atoms with Gasteiger partial charge in [-0.3, -0.25) is 4.79 Å². The van der Waals surface area contributed by atoms with Crippen LogP contribution >= 0.6 is 0 Å². The molecule has 7 nitrogen and oxygen atoms in total. The molecule has 1 fully saturated rings. The van der Waals surface area contributed by atoms with Gasteiger partial charge in [-0.2, -0.15) is 0 Å². The smallest absolute Gasteiger partial charge is 0.282 e. The van der Waals surface area contributed by atoms with E-state index >= 15 is 0 Å². The molecule has 30 heavy (non-hydrogen) atoms. The van der Waals surface area contributed by atoms with E-state index in [1.165, 1.54) is 15.4 Å². The van der Waals surface area contributed by atoms with Gasteiger partial charge in [0.05, 0.1) is 21.3 Å². The molecule has 2 aromatic rings. The van der Waals surface area contributed by atoms with Crippen molar-refractivity contribution in [3.05, 3.63) is 48.0 Å². The fourth-order valence-electron chi connectivity index (χ4n) is 3.95. The Hall–Kier alpha value is -2.77. The van der Waals surface area contributed by atoms with E-state index in [0.29, 0.717) is 0 Å². The predicted molar refractivity (Wildman–Crippen MR) is 116 cm³/mol.